The number of nitrogens with zero attached hydrogens (tertiary/aromatic N) is 3. The van der Waals surface area contributed by atoms with E-state index in [1.165, 1.54) is 24.4 Å². The third kappa shape index (κ3) is 4.54. The summed E-state index contributed by atoms with van der Waals surface area (Å²) in [6, 6.07) is 10.9. The molecule has 2 aromatic carbocycles. The minimum absolute atomic E-state index is 0.158. The van der Waals surface area contributed by atoms with E-state index < -0.39 is 17.9 Å². The van der Waals surface area contributed by atoms with Gasteiger partial charge in [0.2, 0.25) is 12.2 Å². The van der Waals surface area contributed by atoms with Gasteiger partial charge in [0, 0.05) is 23.5 Å². The van der Waals surface area contributed by atoms with Crippen molar-refractivity contribution < 1.29 is 22.6 Å². The Bertz CT molecular complexity index is 1350. The van der Waals surface area contributed by atoms with Crippen LogP contribution in [0.25, 0.3) is 22.6 Å². The maximum Gasteiger partial charge on any atom is 0.227 e. The highest BCUT2D eigenvalue weighted by molar-refractivity contribution is 5.77. The predicted octanol–water partition coefficient (Wildman–Crippen LogP) is 5.30. The fraction of sp³-hybridized carbons (Fsp3) is 0.125. The first kappa shape index (κ1) is 21.8. The second-order valence-corrected chi connectivity index (χ2v) is 7.58. The van der Waals surface area contributed by atoms with Gasteiger partial charge in [-0.1, -0.05) is 6.58 Å². The summed E-state index contributed by atoms with van der Waals surface area (Å²) in [6.45, 7) is 4.51. The maximum absolute atomic E-state index is 13.6. The molecule has 2 aromatic heterocycles. The first-order valence-corrected chi connectivity index (χ1v) is 10.3. The number of benzene rings is 2. The number of anilines is 2. The highest BCUT2D eigenvalue weighted by Crippen LogP contribution is 2.33. The predicted molar refractivity (Wildman–Crippen MR) is 118 cm³/mol. The second kappa shape index (κ2) is 9.08. The Morgan fingerprint density at radius 2 is 1.71 bits per heavy atom. The van der Waals surface area contributed by atoms with Crippen molar-refractivity contribution >= 4 is 11.6 Å². The van der Waals surface area contributed by atoms with Crippen LogP contribution in [0.1, 0.15) is 12.1 Å². The third-order valence-corrected chi connectivity index (χ3v) is 5.03. The lowest BCUT2D eigenvalue weighted by molar-refractivity contribution is -0.165. The molecule has 0 saturated carbocycles. The lowest BCUT2D eigenvalue weighted by atomic mass is 10.1. The number of halogens is 3. The molecular weight excluding hydrogens is 447 g/mol. The number of ether oxygens (including phenoxy) is 2. The molecule has 3 heterocycles. The molecule has 172 valence electrons. The summed E-state index contributed by atoms with van der Waals surface area (Å²) in [5, 5.41) is 2.85. The van der Waals surface area contributed by atoms with Gasteiger partial charge in [-0.25, -0.2) is 28.1 Å². The van der Waals surface area contributed by atoms with Gasteiger partial charge in [0.15, 0.2) is 17.5 Å². The summed E-state index contributed by atoms with van der Waals surface area (Å²) in [7, 11) is 0. The van der Waals surface area contributed by atoms with E-state index in [0.717, 1.165) is 17.7 Å². The highest BCUT2D eigenvalue weighted by Gasteiger charge is 2.25. The minimum atomic E-state index is -0.992. The van der Waals surface area contributed by atoms with Crippen LogP contribution in [-0.4, -0.2) is 33.1 Å². The molecule has 4 aromatic rings. The average molecular weight is 465 g/mol. The van der Waals surface area contributed by atoms with Gasteiger partial charge in [-0.15, -0.1) is 0 Å². The molecule has 5 rings (SSSR count). The molecule has 0 unspecified atom stereocenters. The number of aromatic nitrogens is 4. The number of H-pyrrole nitrogens is 1. The summed E-state index contributed by atoms with van der Waals surface area (Å²) in [5.74, 6) is -1.75. The van der Waals surface area contributed by atoms with Crippen molar-refractivity contribution in [1.29, 1.82) is 0 Å². The molecule has 34 heavy (non-hydrogen) atoms. The number of hydrogen-bond acceptors (Lipinski definition) is 6. The van der Waals surface area contributed by atoms with E-state index >= 15 is 0 Å². The quantitative estimate of drug-likeness (QED) is 0.390. The number of rotatable bonds is 5. The molecule has 7 nitrogen and oxygen atoms in total. The second-order valence-electron chi connectivity index (χ2n) is 7.58. The number of aromatic amines is 1. The Kier molecular flexibility index (Phi) is 5.83. The fourth-order valence-electron chi connectivity index (χ4n) is 3.40. The van der Waals surface area contributed by atoms with Gasteiger partial charge in [0.25, 0.3) is 0 Å². The number of hydrogen-bond donors (Lipinski definition) is 2. The molecule has 0 bridgehead atoms. The Hall–Kier alpha value is -4.02. The van der Waals surface area contributed by atoms with Gasteiger partial charge < -0.3 is 19.8 Å². The lowest BCUT2D eigenvalue weighted by Gasteiger charge is -2.22. The number of imidazole rings is 1. The SMILES string of the molecule is C=C1COC(c2nc(-c3ccc(F)cc3)c(-c3ccnc(Nc4ccc(F)c(F)c4)n3)[nH]2)OC1. The maximum atomic E-state index is 13.6. The van der Waals surface area contributed by atoms with Crippen LogP contribution in [0.4, 0.5) is 24.8 Å². The summed E-state index contributed by atoms with van der Waals surface area (Å²) in [5.41, 5.74) is 3.22. The van der Waals surface area contributed by atoms with Crippen LogP contribution in [0.3, 0.4) is 0 Å². The van der Waals surface area contributed by atoms with Crippen molar-refractivity contribution in [1.82, 2.24) is 19.9 Å². The Balaban J connectivity index is 1.52. The fourth-order valence-corrected chi connectivity index (χ4v) is 3.40. The van der Waals surface area contributed by atoms with Gasteiger partial charge in [0.1, 0.15) is 5.82 Å². The van der Waals surface area contributed by atoms with Crippen LogP contribution in [0.15, 0.2) is 66.9 Å². The molecule has 2 N–H and O–H groups in total. The van der Waals surface area contributed by atoms with Crippen LogP contribution in [-0.2, 0) is 9.47 Å². The van der Waals surface area contributed by atoms with E-state index in [2.05, 4.69) is 31.8 Å². The molecule has 1 saturated heterocycles. The number of nitrogens with one attached hydrogen (secondary N) is 2. The average Bonchev–Trinajstić information content (AvgIpc) is 3.28. The van der Waals surface area contributed by atoms with Crippen molar-refractivity contribution in [3.05, 3.63) is 90.2 Å². The molecule has 1 aliphatic heterocycles. The molecule has 0 atom stereocenters. The Morgan fingerprint density at radius 3 is 2.44 bits per heavy atom. The van der Waals surface area contributed by atoms with E-state index in [1.54, 1.807) is 18.2 Å². The Labute approximate surface area is 192 Å². The third-order valence-electron chi connectivity index (χ3n) is 5.03. The first-order valence-electron chi connectivity index (χ1n) is 10.3. The minimum Gasteiger partial charge on any atom is -0.341 e. The lowest BCUT2D eigenvalue weighted by Crippen LogP contribution is -2.20. The van der Waals surface area contributed by atoms with E-state index in [9.17, 15) is 13.2 Å². The largest absolute Gasteiger partial charge is 0.341 e. The summed E-state index contributed by atoms with van der Waals surface area (Å²) in [4.78, 5) is 16.5. The first-order chi connectivity index (χ1) is 16.5. The highest BCUT2D eigenvalue weighted by atomic mass is 19.2. The standard InChI is InChI=1S/C24H18F3N5O2/c1-13-11-33-23(34-12-13)22-31-20(14-2-4-15(25)5-3-14)21(32-22)19-8-9-28-24(30-19)29-16-6-7-17(26)18(27)10-16/h2-10,23H,1,11-12H2,(H,31,32)(H,28,29,30). The molecule has 1 aliphatic rings. The zero-order valence-electron chi connectivity index (χ0n) is 17.7. The molecule has 0 aliphatic carbocycles. The van der Waals surface area contributed by atoms with Crippen LogP contribution < -0.4 is 5.32 Å². The molecule has 0 amide bonds. The van der Waals surface area contributed by atoms with Crippen molar-refractivity contribution in [3.8, 4) is 22.6 Å². The summed E-state index contributed by atoms with van der Waals surface area (Å²) in [6.07, 6.45) is 0.775. The summed E-state index contributed by atoms with van der Waals surface area (Å²) >= 11 is 0. The Morgan fingerprint density at radius 1 is 0.941 bits per heavy atom. The summed E-state index contributed by atoms with van der Waals surface area (Å²) < 4.78 is 51.7. The topological polar surface area (TPSA) is 85.0 Å². The van der Waals surface area contributed by atoms with E-state index in [4.69, 9.17) is 9.47 Å². The van der Waals surface area contributed by atoms with Crippen molar-refractivity contribution in [2.24, 2.45) is 0 Å². The van der Waals surface area contributed by atoms with E-state index in [-0.39, 0.29) is 17.5 Å². The molecular formula is C24H18F3N5O2. The van der Waals surface area contributed by atoms with Crippen LogP contribution >= 0.6 is 0 Å². The van der Waals surface area contributed by atoms with E-state index in [1.807, 2.05) is 0 Å². The zero-order valence-corrected chi connectivity index (χ0v) is 17.7. The molecule has 0 spiro atoms. The van der Waals surface area contributed by atoms with Gasteiger partial charge in [-0.2, -0.15) is 0 Å². The van der Waals surface area contributed by atoms with Gasteiger partial charge in [-0.05, 0) is 48.0 Å². The van der Waals surface area contributed by atoms with Crippen LogP contribution in [0.2, 0.25) is 0 Å². The van der Waals surface area contributed by atoms with E-state index in [0.29, 0.717) is 41.7 Å². The van der Waals surface area contributed by atoms with Crippen LogP contribution in [0, 0.1) is 17.5 Å². The van der Waals surface area contributed by atoms with Crippen molar-refractivity contribution in [2.45, 2.75) is 6.29 Å². The molecule has 10 heteroatoms. The van der Waals surface area contributed by atoms with Crippen molar-refractivity contribution in [3.63, 3.8) is 0 Å². The van der Waals surface area contributed by atoms with Gasteiger partial charge in [0.05, 0.1) is 30.3 Å². The monoisotopic (exact) mass is 465 g/mol. The normalized spacial score (nSPS) is 14.4. The van der Waals surface area contributed by atoms with Crippen molar-refractivity contribution in [2.75, 3.05) is 18.5 Å². The molecule has 0 radical (unpaired) electrons. The van der Waals surface area contributed by atoms with Gasteiger partial charge in [-0.3, -0.25) is 0 Å². The van der Waals surface area contributed by atoms with Crippen LogP contribution in [0.5, 0.6) is 0 Å². The smallest absolute Gasteiger partial charge is 0.227 e. The van der Waals surface area contributed by atoms with Gasteiger partial charge >= 0.3 is 0 Å². The zero-order chi connectivity index (χ0) is 23.7. The molecule has 1 fully saturated rings.